The van der Waals surface area contributed by atoms with Crippen LogP contribution in [0.4, 0.5) is 11.4 Å². The molecule has 2 rings (SSSR count). The lowest BCUT2D eigenvalue weighted by atomic mass is 10.2. The minimum atomic E-state index is -3.44. The summed E-state index contributed by atoms with van der Waals surface area (Å²) in [5.41, 5.74) is 7.68. The summed E-state index contributed by atoms with van der Waals surface area (Å²) in [6, 6.07) is 13.4. The zero-order valence-electron chi connectivity index (χ0n) is 15.3. The highest BCUT2D eigenvalue weighted by molar-refractivity contribution is 7.92. The Kier molecular flexibility index (Phi) is 6.57. The van der Waals surface area contributed by atoms with Gasteiger partial charge in [-0.3, -0.25) is 13.9 Å². The van der Waals surface area contributed by atoms with Crippen molar-refractivity contribution < 1.29 is 18.0 Å². The van der Waals surface area contributed by atoms with Gasteiger partial charge < -0.3 is 11.1 Å². The third kappa shape index (κ3) is 6.10. The molecule has 0 spiro atoms. The van der Waals surface area contributed by atoms with Crippen LogP contribution >= 0.6 is 0 Å². The van der Waals surface area contributed by atoms with Crippen molar-refractivity contribution in [2.24, 2.45) is 5.73 Å². The average molecular weight is 389 g/mol. The standard InChI is InChI=1S/C19H23N3O4S/c1-14-5-11-17(12-6-14)22(27(2,25)26)13-3-4-18(23)21-16-9-7-15(8-10-16)19(20)24/h5-12H,3-4,13H2,1-2H3,(H2,20,24)(H,21,23). The van der Waals surface area contributed by atoms with Crippen molar-refractivity contribution in [3.8, 4) is 0 Å². The summed E-state index contributed by atoms with van der Waals surface area (Å²) in [6.07, 6.45) is 1.68. The van der Waals surface area contributed by atoms with E-state index in [-0.39, 0.29) is 18.9 Å². The number of nitrogens with zero attached hydrogens (tertiary/aromatic N) is 1. The van der Waals surface area contributed by atoms with Gasteiger partial charge in [0.2, 0.25) is 21.8 Å². The van der Waals surface area contributed by atoms with E-state index in [0.29, 0.717) is 23.4 Å². The number of primary amides is 1. The Morgan fingerprint density at radius 1 is 1.04 bits per heavy atom. The van der Waals surface area contributed by atoms with Crippen molar-refractivity contribution in [1.29, 1.82) is 0 Å². The van der Waals surface area contributed by atoms with E-state index < -0.39 is 15.9 Å². The van der Waals surface area contributed by atoms with Crippen molar-refractivity contribution in [3.63, 3.8) is 0 Å². The second-order valence-electron chi connectivity index (χ2n) is 6.26. The third-order valence-electron chi connectivity index (χ3n) is 3.94. The Labute approximate surface area is 159 Å². The fraction of sp³-hybridized carbons (Fsp3) is 0.263. The van der Waals surface area contributed by atoms with E-state index in [1.807, 2.05) is 19.1 Å². The maximum atomic E-state index is 12.1. The Hall–Kier alpha value is -2.87. The van der Waals surface area contributed by atoms with Gasteiger partial charge in [-0.2, -0.15) is 0 Å². The predicted molar refractivity (Wildman–Crippen MR) is 106 cm³/mol. The Morgan fingerprint density at radius 3 is 2.15 bits per heavy atom. The molecule has 0 saturated carbocycles. The summed E-state index contributed by atoms with van der Waals surface area (Å²) >= 11 is 0. The van der Waals surface area contributed by atoms with E-state index in [1.54, 1.807) is 24.3 Å². The van der Waals surface area contributed by atoms with E-state index in [0.717, 1.165) is 11.8 Å². The number of aryl methyl sites for hydroxylation is 1. The van der Waals surface area contributed by atoms with Crippen LogP contribution in [-0.4, -0.2) is 33.0 Å². The largest absolute Gasteiger partial charge is 0.366 e. The van der Waals surface area contributed by atoms with E-state index >= 15 is 0 Å². The molecule has 3 N–H and O–H groups in total. The molecule has 8 heteroatoms. The minimum absolute atomic E-state index is 0.162. The van der Waals surface area contributed by atoms with Crippen molar-refractivity contribution in [2.75, 3.05) is 22.4 Å². The first-order valence-electron chi connectivity index (χ1n) is 8.41. The summed E-state index contributed by atoms with van der Waals surface area (Å²) < 4.78 is 25.4. The molecule has 0 fully saturated rings. The van der Waals surface area contributed by atoms with Crippen molar-refractivity contribution in [1.82, 2.24) is 0 Å². The molecular formula is C19H23N3O4S. The average Bonchev–Trinajstić information content (AvgIpc) is 2.59. The van der Waals surface area contributed by atoms with Crippen LogP contribution in [0.2, 0.25) is 0 Å². The monoisotopic (exact) mass is 389 g/mol. The van der Waals surface area contributed by atoms with Crippen molar-refractivity contribution in [3.05, 3.63) is 59.7 Å². The van der Waals surface area contributed by atoms with Crippen LogP contribution in [0.5, 0.6) is 0 Å². The van der Waals surface area contributed by atoms with Gasteiger partial charge in [0.25, 0.3) is 0 Å². The predicted octanol–water partition coefficient (Wildman–Crippen LogP) is 2.28. The lowest BCUT2D eigenvalue weighted by molar-refractivity contribution is -0.116. The molecule has 0 bridgehead atoms. The van der Waals surface area contributed by atoms with Gasteiger partial charge in [0.15, 0.2) is 0 Å². The lowest BCUT2D eigenvalue weighted by Gasteiger charge is -2.22. The maximum Gasteiger partial charge on any atom is 0.248 e. The molecule has 7 nitrogen and oxygen atoms in total. The number of sulfonamides is 1. The molecule has 0 aromatic heterocycles. The quantitative estimate of drug-likeness (QED) is 0.722. The zero-order chi connectivity index (χ0) is 20.0. The topological polar surface area (TPSA) is 110 Å². The number of hydrogen-bond donors (Lipinski definition) is 2. The van der Waals surface area contributed by atoms with E-state index in [9.17, 15) is 18.0 Å². The highest BCUT2D eigenvalue weighted by Crippen LogP contribution is 2.19. The molecule has 2 amide bonds. The highest BCUT2D eigenvalue weighted by Gasteiger charge is 2.17. The zero-order valence-corrected chi connectivity index (χ0v) is 16.1. The first-order valence-corrected chi connectivity index (χ1v) is 10.3. The number of amides is 2. The molecule has 0 atom stereocenters. The van der Waals surface area contributed by atoms with Gasteiger partial charge in [0.05, 0.1) is 11.9 Å². The molecule has 27 heavy (non-hydrogen) atoms. The van der Waals surface area contributed by atoms with E-state index in [2.05, 4.69) is 5.32 Å². The molecule has 0 aliphatic carbocycles. The van der Waals surface area contributed by atoms with Crippen LogP contribution in [0.15, 0.2) is 48.5 Å². The van der Waals surface area contributed by atoms with E-state index in [1.165, 1.54) is 16.4 Å². The molecule has 0 aliphatic rings. The Morgan fingerprint density at radius 2 is 1.63 bits per heavy atom. The second kappa shape index (κ2) is 8.68. The lowest BCUT2D eigenvalue weighted by Crippen LogP contribution is -2.31. The molecular weight excluding hydrogens is 366 g/mol. The van der Waals surface area contributed by atoms with Crippen LogP contribution in [0.1, 0.15) is 28.8 Å². The number of anilines is 2. The number of benzene rings is 2. The maximum absolute atomic E-state index is 12.1. The number of carbonyl (C=O) groups excluding carboxylic acids is 2. The van der Waals surface area contributed by atoms with Gasteiger partial charge in [-0.1, -0.05) is 17.7 Å². The normalized spacial score (nSPS) is 11.0. The number of nitrogens with one attached hydrogen (secondary N) is 1. The van der Waals surface area contributed by atoms with Crippen LogP contribution in [0.25, 0.3) is 0 Å². The van der Waals surface area contributed by atoms with Crippen LogP contribution in [0.3, 0.4) is 0 Å². The molecule has 0 unspecified atom stereocenters. The van der Waals surface area contributed by atoms with Gasteiger partial charge in [0.1, 0.15) is 0 Å². The fourth-order valence-electron chi connectivity index (χ4n) is 2.52. The van der Waals surface area contributed by atoms with Crippen molar-refractivity contribution >= 4 is 33.2 Å². The van der Waals surface area contributed by atoms with Gasteiger partial charge in [-0.25, -0.2) is 8.42 Å². The third-order valence-corrected chi connectivity index (χ3v) is 5.13. The first-order chi connectivity index (χ1) is 12.7. The van der Waals surface area contributed by atoms with Crippen LogP contribution in [-0.2, 0) is 14.8 Å². The molecule has 144 valence electrons. The van der Waals surface area contributed by atoms with Gasteiger partial charge >= 0.3 is 0 Å². The molecule has 2 aromatic carbocycles. The smallest absolute Gasteiger partial charge is 0.248 e. The SMILES string of the molecule is Cc1ccc(N(CCCC(=O)Nc2ccc(C(N)=O)cc2)S(C)(=O)=O)cc1. The van der Waals surface area contributed by atoms with Gasteiger partial charge in [-0.15, -0.1) is 0 Å². The minimum Gasteiger partial charge on any atom is -0.366 e. The first kappa shape index (κ1) is 20.4. The summed E-state index contributed by atoms with van der Waals surface area (Å²) in [6.45, 7) is 2.13. The number of hydrogen-bond acceptors (Lipinski definition) is 4. The molecule has 0 saturated heterocycles. The molecule has 2 aromatic rings. The van der Waals surface area contributed by atoms with Crippen LogP contribution < -0.4 is 15.4 Å². The van der Waals surface area contributed by atoms with Crippen molar-refractivity contribution in [2.45, 2.75) is 19.8 Å². The Bertz CT molecular complexity index is 907. The number of nitrogens with two attached hydrogens (primary N) is 1. The summed E-state index contributed by atoms with van der Waals surface area (Å²) in [5, 5.41) is 2.71. The molecule has 0 aliphatic heterocycles. The number of rotatable bonds is 8. The van der Waals surface area contributed by atoms with Crippen LogP contribution in [0, 0.1) is 6.92 Å². The number of carbonyl (C=O) groups is 2. The van der Waals surface area contributed by atoms with E-state index in [4.69, 9.17) is 5.73 Å². The summed E-state index contributed by atoms with van der Waals surface area (Å²) in [7, 11) is -3.44. The molecule has 0 heterocycles. The summed E-state index contributed by atoms with van der Waals surface area (Å²) in [5.74, 6) is -0.774. The van der Waals surface area contributed by atoms with Gasteiger partial charge in [-0.05, 0) is 49.7 Å². The van der Waals surface area contributed by atoms with Gasteiger partial charge in [0, 0.05) is 24.2 Å². The summed E-state index contributed by atoms with van der Waals surface area (Å²) in [4.78, 5) is 23.1. The molecule has 0 radical (unpaired) electrons. The fourth-order valence-corrected chi connectivity index (χ4v) is 3.49. The second-order valence-corrected chi connectivity index (χ2v) is 8.17. The highest BCUT2D eigenvalue weighted by atomic mass is 32.2. The Balaban J connectivity index is 1.93.